The molecule has 0 aliphatic heterocycles. The summed E-state index contributed by atoms with van der Waals surface area (Å²) in [6.45, 7) is 1.31. The van der Waals surface area contributed by atoms with Crippen LogP contribution in [0.2, 0.25) is 0 Å². The highest BCUT2D eigenvalue weighted by molar-refractivity contribution is 5.65. The standard InChI is InChI=1S/C31H30FN3O3/c1-34-31(38-27-15-8-14-25(32)19-27)29(30(33-34)24-12-6-3-7-13-24)22-35(21-28-16-9-17-37-28)20-26(36)18-23-10-4-2-5-11-23/h2-17,19,26,36H,18,20-22H2,1H3/t26-/m0/s1. The van der Waals surface area contributed by atoms with Gasteiger partial charge in [0.05, 0.1) is 24.5 Å². The van der Waals surface area contributed by atoms with Gasteiger partial charge in [0.25, 0.3) is 0 Å². The molecule has 0 bridgehead atoms. The molecule has 3 aromatic carbocycles. The molecule has 6 nitrogen and oxygen atoms in total. The molecule has 0 radical (unpaired) electrons. The molecule has 194 valence electrons. The number of furan rings is 1. The summed E-state index contributed by atoms with van der Waals surface area (Å²) in [6.07, 6.45) is 1.57. The van der Waals surface area contributed by atoms with Crippen LogP contribution in [0.4, 0.5) is 4.39 Å². The Hall–Kier alpha value is -4.20. The Morgan fingerprint density at radius 2 is 1.71 bits per heavy atom. The van der Waals surface area contributed by atoms with Crippen LogP contribution in [0.15, 0.2) is 108 Å². The molecule has 5 aromatic rings. The molecule has 1 atom stereocenters. The summed E-state index contributed by atoms with van der Waals surface area (Å²) in [7, 11) is 1.81. The molecule has 0 unspecified atom stereocenters. The Balaban J connectivity index is 1.48. The zero-order valence-electron chi connectivity index (χ0n) is 21.2. The first-order valence-corrected chi connectivity index (χ1v) is 12.6. The van der Waals surface area contributed by atoms with E-state index in [2.05, 4.69) is 4.90 Å². The van der Waals surface area contributed by atoms with Gasteiger partial charge >= 0.3 is 0 Å². The monoisotopic (exact) mass is 511 g/mol. The third-order valence-corrected chi connectivity index (χ3v) is 6.27. The first-order valence-electron chi connectivity index (χ1n) is 12.6. The maximum absolute atomic E-state index is 13.9. The van der Waals surface area contributed by atoms with E-state index >= 15 is 0 Å². The molecule has 0 aliphatic rings. The number of hydrogen-bond donors (Lipinski definition) is 1. The summed E-state index contributed by atoms with van der Waals surface area (Å²) in [4.78, 5) is 2.12. The minimum absolute atomic E-state index is 0.377. The van der Waals surface area contributed by atoms with Crippen LogP contribution in [0.5, 0.6) is 11.6 Å². The van der Waals surface area contributed by atoms with Crippen LogP contribution in [0, 0.1) is 5.82 Å². The normalized spacial score (nSPS) is 12.1. The number of aromatic nitrogens is 2. The average Bonchev–Trinajstić information content (AvgIpc) is 3.53. The number of aliphatic hydroxyl groups is 1. The number of hydrogen-bond acceptors (Lipinski definition) is 5. The van der Waals surface area contributed by atoms with Crippen LogP contribution in [-0.2, 0) is 26.6 Å². The number of halogens is 1. The lowest BCUT2D eigenvalue weighted by atomic mass is 10.1. The topological polar surface area (TPSA) is 63.7 Å². The SMILES string of the molecule is Cn1nc(-c2ccccc2)c(CN(Cc2ccco2)C[C@@H](O)Cc2ccccc2)c1Oc1cccc(F)c1. The Morgan fingerprint density at radius 1 is 0.947 bits per heavy atom. The van der Waals surface area contributed by atoms with Crippen molar-refractivity contribution in [2.45, 2.75) is 25.6 Å². The number of aliphatic hydroxyl groups excluding tert-OH is 1. The second-order valence-corrected chi connectivity index (χ2v) is 9.27. The van der Waals surface area contributed by atoms with Crippen LogP contribution < -0.4 is 4.74 Å². The molecule has 2 heterocycles. The fourth-order valence-electron chi connectivity index (χ4n) is 4.57. The molecular formula is C31H30FN3O3. The van der Waals surface area contributed by atoms with Crippen LogP contribution >= 0.6 is 0 Å². The Bertz CT molecular complexity index is 1440. The van der Waals surface area contributed by atoms with Crippen LogP contribution in [-0.4, -0.2) is 32.4 Å². The average molecular weight is 512 g/mol. The molecule has 0 saturated carbocycles. The van der Waals surface area contributed by atoms with Crippen molar-refractivity contribution in [1.82, 2.24) is 14.7 Å². The van der Waals surface area contributed by atoms with Gasteiger partial charge in [0, 0.05) is 31.8 Å². The fraction of sp³-hybridized carbons (Fsp3) is 0.194. The van der Waals surface area contributed by atoms with Gasteiger partial charge in [0.15, 0.2) is 0 Å². The van der Waals surface area contributed by atoms with Crippen molar-refractivity contribution in [1.29, 1.82) is 0 Å². The Labute approximate surface area is 221 Å². The molecule has 1 N–H and O–H groups in total. The van der Waals surface area contributed by atoms with E-state index in [0.717, 1.165) is 28.1 Å². The van der Waals surface area contributed by atoms with Crippen molar-refractivity contribution in [3.63, 3.8) is 0 Å². The molecule has 5 rings (SSSR count). The van der Waals surface area contributed by atoms with Gasteiger partial charge < -0.3 is 14.3 Å². The summed E-state index contributed by atoms with van der Waals surface area (Å²) < 4.78 is 27.5. The van der Waals surface area contributed by atoms with Gasteiger partial charge in [0.2, 0.25) is 5.88 Å². The lowest BCUT2D eigenvalue weighted by Gasteiger charge is -2.25. The van der Waals surface area contributed by atoms with Crippen LogP contribution in [0.1, 0.15) is 16.9 Å². The highest BCUT2D eigenvalue weighted by Crippen LogP contribution is 2.34. The number of ether oxygens (including phenoxy) is 1. The predicted octanol–water partition coefficient (Wildman–Crippen LogP) is 6.22. The van der Waals surface area contributed by atoms with E-state index in [0.29, 0.717) is 37.7 Å². The smallest absolute Gasteiger partial charge is 0.222 e. The van der Waals surface area contributed by atoms with Gasteiger partial charge in [0.1, 0.15) is 23.0 Å². The van der Waals surface area contributed by atoms with Gasteiger partial charge in [-0.25, -0.2) is 9.07 Å². The second kappa shape index (κ2) is 11.9. The van der Waals surface area contributed by atoms with Gasteiger partial charge in [-0.1, -0.05) is 66.7 Å². The maximum Gasteiger partial charge on any atom is 0.222 e. The minimum atomic E-state index is -0.600. The first kappa shape index (κ1) is 25.4. The molecular weight excluding hydrogens is 481 g/mol. The van der Waals surface area contributed by atoms with Crippen LogP contribution in [0.25, 0.3) is 11.3 Å². The molecule has 0 spiro atoms. The van der Waals surface area contributed by atoms with Crippen molar-refractivity contribution in [3.05, 3.63) is 126 Å². The predicted molar refractivity (Wildman–Crippen MR) is 144 cm³/mol. The lowest BCUT2D eigenvalue weighted by Crippen LogP contribution is -2.33. The van der Waals surface area contributed by atoms with Crippen molar-refractivity contribution in [2.24, 2.45) is 7.05 Å². The zero-order valence-corrected chi connectivity index (χ0v) is 21.2. The number of benzene rings is 3. The van der Waals surface area contributed by atoms with E-state index in [-0.39, 0.29) is 5.82 Å². The molecule has 0 saturated heterocycles. The largest absolute Gasteiger partial charge is 0.468 e. The highest BCUT2D eigenvalue weighted by Gasteiger charge is 2.24. The summed E-state index contributed by atoms with van der Waals surface area (Å²) in [6, 6.07) is 29.7. The molecule has 0 amide bonds. The summed E-state index contributed by atoms with van der Waals surface area (Å²) >= 11 is 0. The van der Waals surface area contributed by atoms with E-state index in [1.165, 1.54) is 12.1 Å². The quantitative estimate of drug-likeness (QED) is 0.228. The third-order valence-electron chi connectivity index (χ3n) is 6.27. The van der Waals surface area contributed by atoms with Crippen molar-refractivity contribution in [3.8, 4) is 22.9 Å². The maximum atomic E-state index is 13.9. The number of aryl methyl sites for hydroxylation is 1. The van der Waals surface area contributed by atoms with E-state index in [1.54, 1.807) is 23.1 Å². The molecule has 0 fully saturated rings. The molecule has 38 heavy (non-hydrogen) atoms. The zero-order chi connectivity index (χ0) is 26.3. The van der Waals surface area contributed by atoms with Gasteiger partial charge in [-0.3, -0.25) is 4.90 Å². The van der Waals surface area contributed by atoms with E-state index in [4.69, 9.17) is 14.3 Å². The van der Waals surface area contributed by atoms with Crippen molar-refractivity contribution >= 4 is 0 Å². The van der Waals surface area contributed by atoms with Gasteiger partial charge in [-0.05, 0) is 36.2 Å². The van der Waals surface area contributed by atoms with Crippen LogP contribution in [0.3, 0.4) is 0 Å². The summed E-state index contributed by atoms with van der Waals surface area (Å²) in [5, 5.41) is 15.8. The second-order valence-electron chi connectivity index (χ2n) is 9.27. The lowest BCUT2D eigenvalue weighted by molar-refractivity contribution is 0.0999. The Kier molecular flexibility index (Phi) is 7.97. The summed E-state index contributed by atoms with van der Waals surface area (Å²) in [5.74, 6) is 1.31. The first-order chi connectivity index (χ1) is 18.5. The van der Waals surface area contributed by atoms with E-state index < -0.39 is 6.10 Å². The molecule has 7 heteroatoms. The van der Waals surface area contributed by atoms with Crippen molar-refractivity contribution < 1.29 is 18.7 Å². The summed E-state index contributed by atoms with van der Waals surface area (Å²) in [5.41, 5.74) is 3.61. The van der Waals surface area contributed by atoms with Gasteiger partial charge in [-0.2, -0.15) is 5.10 Å². The Morgan fingerprint density at radius 3 is 2.42 bits per heavy atom. The van der Waals surface area contributed by atoms with E-state index in [1.807, 2.05) is 79.8 Å². The minimum Gasteiger partial charge on any atom is -0.468 e. The molecule has 2 aromatic heterocycles. The number of rotatable bonds is 11. The highest BCUT2D eigenvalue weighted by atomic mass is 19.1. The van der Waals surface area contributed by atoms with Crippen molar-refractivity contribution in [2.75, 3.05) is 6.54 Å². The number of nitrogens with zero attached hydrogens (tertiary/aromatic N) is 3. The fourth-order valence-corrected chi connectivity index (χ4v) is 4.57. The van der Waals surface area contributed by atoms with Gasteiger partial charge in [-0.15, -0.1) is 0 Å². The third kappa shape index (κ3) is 6.37. The molecule has 0 aliphatic carbocycles. The van der Waals surface area contributed by atoms with E-state index in [9.17, 15) is 9.50 Å².